The molecule has 1 heterocycles. The predicted octanol–water partition coefficient (Wildman–Crippen LogP) is 5.15. The molecule has 0 saturated heterocycles. The third-order valence-corrected chi connectivity index (χ3v) is 6.34. The van der Waals surface area contributed by atoms with Crippen LogP contribution in [0.5, 0.6) is 0 Å². The average Bonchev–Trinajstić information content (AvgIpc) is 3.59. The quantitative estimate of drug-likeness (QED) is 0.285. The molecule has 1 aliphatic rings. The number of hydrogen-bond acceptors (Lipinski definition) is 4. The molecule has 1 amide bonds. The molecule has 1 aromatic heterocycles. The molecule has 3 aromatic rings. The van der Waals surface area contributed by atoms with Gasteiger partial charge in [0, 0.05) is 0 Å². The van der Waals surface area contributed by atoms with Gasteiger partial charge in [0.25, 0.3) is 0 Å². The summed E-state index contributed by atoms with van der Waals surface area (Å²) in [7, 11) is 0. The van der Waals surface area contributed by atoms with E-state index >= 15 is 0 Å². The van der Waals surface area contributed by atoms with Crippen molar-refractivity contribution in [3.8, 4) is 11.8 Å². The standard InChI is InChI=1S/C17H16ClF3N2O.C11H11NO3/c1-11-14(8-9-16(2,3)24)22-15(18)23(11)10-12-4-6-13(7-5-12)17(19,20)21;13-7-12-11(5-6-11)9-3-1-8(2-4-9)10(14)15/h4-7,24H,10H2,1-3H3;1-4,7H,5-6H2,(H,12,13)(H,14,15). The smallest absolute Gasteiger partial charge is 0.416 e. The lowest BCUT2D eigenvalue weighted by Gasteiger charge is -2.14. The van der Waals surface area contributed by atoms with Gasteiger partial charge in [0.1, 0.15) is 11.3 Å². The summed E-state index contributed by atoms with van der Waals surface area (Å²) < 4.78 is 39.4. The lowest BCUT2D eigenvalue weighted by atomic mass is 10.0. The lowest BCUT2D eigenvalue weighted by Crippen LogP contribution is -2.27. The number of carboxylic acid groups (broad SMARTS) is 1. The Morgan fingerprint density at radius 1 is 1.15 bits per heavy atom. The van der Waals surface area contributed by atoms with Crippen LogP contribution in [-0.4, -0.2) is 37.7 Å². The molecule has 1 saturated carbocycles. The topological polar surface area (TPSA) is 104 Å². The second-order valence-corrected chi connectivity index (χ2v) is 9.97. The largest absolute Gasteiger partial charge is 0.478 e. The van der Waals surface area contributed by atoms with Crippen molar-refractivity contribution in [1.82, 2.24) is 14.9 Å². The minimum atomic E-state index is -4.36. The number of carboxylic acids is 1. The number of aromatic carboxylic acids is 1. The maximum absolute atomic E-state index is 12.6. The van der Waals surface area contributed by atoms with E-state index in [1.54, 1.807) is 49.6 Å². The van der Waals surface area contributed by atoms with Gasteiger partial charge >= 0.3 is 12.1 Å². The number of nitrogens with one attached hydrogen (secondary N) is 1. The van der Waals surface area contributed by atoms with Gasteiger partial charge in [-0.2, -0.15) is 13.2 Å². The Balaban J connectivity index is 0.000000239. The Hall–Kier alpha value is -3.81. The van der Waals surface area contributed by atoms with Gasteiger partial charge in [-0.25, -0.2) is 9.78 Å². The molecule has 1 aliphatic carbocycles. The average molecular weight is 562 g/mol. The van der Waals surface area contributed by atoms with Crippen LogP contribution in [0.2, 0.25) is 5.28 Å². The predicted molar refractivity (Wildman–Crippen MR) is 139 cm³/mol. The van der Waals surface area contributed by atoms with Gasteiger partial charge in [-0.05, 0) is 86.5 Å². The Morgan fingerprint density at radius 2 is 1.74 bits per heavy atom. The van der Waals surface area contributed by atoms with Crippen molar-refractivity contribution in [2.75, 3.05) is 0 Å². The Labute approximate surface area is 228 Å². The van der Waals surface area contributed by atoms with Crippen molar-refractivity contribution in [2.45, 2.75) is 57.5 Å². The highest BCUT2D eigenvalue weighted by molar-refractivity contribution is 6.28. The summed E-state index contributed by atoms with van der Waals surface area (Å²) in [5.41, 5.74) is 0.907. The molecular weight excluding hydrogens is 535 g/mol. The second kappa shape index (κ2) is 11.5. The molecular formula is C28H27ClF3N3O4. The zero-order chi connectivity index (χ0) is 29.0. The van der Waals surface area contributed by atoms with Crippen LogP contribution in [0.15, 0.2) is 48.5 Å². The second-order valence-electron chi connectivity index (χ2n) is 9.63. The first-order valence-corrected chi connectivity index (χ1v) is 12.2. The van der Waals surface area contributed by atoms with Gasteiger partial charge in [-0.3, -0.25) is 4.79 Å². The molecule has 2 aromatic carbocycles. The molecule has 0 atom stereocenters. The number of benzene rings is 2. The van der Waals surface area contributed by atoms with E-state index in [1.165, 1.54) is 12.1 Å². The number of carbonyl (C=O) groups is 2. The summed E-state index contributed by atoms with van der Waals surface area (Å²) in [4.78, 5) is 25.2. The van der Waals surface area contributed by atoms with Crippen molar-refractivity contribution in [2.24, 2.45) is 0 Å². The number of aromatic nitrogens is 2. The summed E-state index contributed by atoms with van der Waals surface area (Å²) >= 11 is 6.10. The van der Waals surface area contributed by atoms with E-state index in [9.17, 15) is 27.9 Å². The summed E-state index contributed by atoms with van der Waals surface area (Å²) in [5, 5.41) is 21.3. The van der Waals surface area contributed by atoms with E-state index in [4.69, 9.17) is 16.7 Å². The highest BCUT2D eigenvalue weighted by Crippen LogP contribution is 2.45. The molecule has 1 fully saturated rings. The molecule has 0 bridgehead atoms. The molecule has 206 valence electrons. The number of nitrogens with zero attached hydrogens (tertiary/aromatic N) is 2. The van der Waals surface area contributed by atoms with Crippen molar-refractivity contribution >= 4 is 24.0 Å². The first-order chi connectivity index (χ1) is 18.1. The van der Waals surface area contributed by atoms with E-state index in [0.717, 1.165) is 30.5 Å². The SMILES string of the molecule is Cc1c(C#CC(C)(C)O)nc(Cl)n1Cc1ccc(C(F)(F)F)cc1.O=CNC1(c2ccc(C(=O)O)cc2)CC1. The van der Waals surface area contributed by atoms with Crippen LogP contribution < -0.4 is 5.32 Å². The molecule has 0 spiro atoms. The van der Waals surface area contributed by atoms with Crippen molar-refractivity contribution in [1.29, 1.82) is 0 Å². The number of amides is 1. The molecule has 0 unspecified atom stereocenters. The summed E-state index contributed by atoms with van der Waals surface area (Å²) in [6, 6.07) is 11.5. The summed E-state index contributed by atoms with van der Waals surface area (Å²) in [6.07, 6.45) is -1.84. The van der Waals surface area contributed by atoms with Crippen molar-refractivity contribution < 1.29 is 33.0 Å². The zero-order valence-electron chi connectivity index (χ0n) is 21.4. The summed E-state index contributed by atoms with van der Waals surface area (Å²) in [6.45, 7) is 5.14. The van der Waals surface area contributed by atoms with Gasteiger partial charge in [-0.15, -0.1) is 0 Å². The van der Waals surface area contributed by atoms with E-state index < -0.39 is 23.3 Å². The van der Waals surface area contributed by atoms with Crippen molar-refractivity contribution in [3.05, 3.63) is 87.5 Å². The first-order valence-electron chi connectivity index (χ1n) is 11.8. The van der Waals surface area contributed by atoms with Crippen LogP contribution in [0.25, 0.3) is 0 Å². The van der Waals surface area contributed by atoms with Crippen LogP contribution in [0, 0.1) is 18.8 Å². The molecule has 11 heteroatoms. The van der Waals surface area contributed by atoms with E-state index in [-0.39, 0.29) is 22.9 Å². The summed E-state index contributed by atoms with van der Waals surface area (Å²) in [5.74, 6) is 4.48. The maximum atomic E-state index is 12.6. The Bertz CT molecular complexity index is 1390. The van der Waals surface area contributed by atoms with Gasteiger partial charge < -0.3 is 20.1 Å². The number of carbonyl (C=O) groups excluding carboxylic acids is 1. The molecule has 0 aliphatic heterocycles. The van der Waals surface area contributed by atoms with Crippen LogP contribution in [0.4, 0.5) is 13.2 Å². The van der Waals surface area contributed by atoms with Gasteiger partial charge in [-0.1, -0.05) is 30.2 Å². The highest BCUT2D eigenvalue weighted by atomic mass is 35.5. The van der Waals surface area contributed by atoms with Crippen molar-refractivity contribution in [3.63, 3.8) is 0 Å². The van der Waals surface area contributed by atoms with Gasteiger partial charge in [0.2, 0.25) is 11.7 Å². The normalized spacial score (nSPS) is 13.8. The fraction of sp³-hybridized carbons (Fsp3) is 0.321. The fourth-order valence-electron chi connectivity index (χ4n) is 3.68. The van der Waals surface area contributed by atoms with Crippen LogP contribution in [0.1, 0.15) is 65.1 Å². The number of alkyl halides is 3. The lowest BCUT2D eigenvalue weighted by molar-refractivity contribution is -0.137. The molecule has 3 N–H and O–H groups in total. The monoisotopic (exact) mass is 561 g/mol. The number of halogens is 4. The zero-order valence-corrected chi connectivity index (χ0v) is 22.2. The van der Waals surface area contributed by atoms with E-state index in [1.807, 2.05) is 0 Å². The third-order valence-electron chi connectivity index (χ3n) is 6.05. The fourth-order valence-corrected chi connectivity index (χ4v) is 3.95. The first kappa shape index (κ1) is 29.7. The third kappa shape index (κ3) is 7.85. The van der Waals surface area contributed by atoms with Crippen LogP contribution in [-0.2, 0) is 23.1 Å². The number of aliphatic hydroxyl groups is 1. The molecule has 0 radical (unpaired) electrons. The Kier molecular flexibility index (Phi) is 8.78. The molecule has 39 heavy (non-hydrogen) atoms. The number of rotatable bonds is 6. The van der Waals surface area contributed by atoms with Crippen LogP contribution >= 0.6 is 11.6 Å². The minimum Gasteiger partial charge on any atom is -0.478 e. The maximum Gasteiger partial charge on any atom is 0.416 e. The van der Waals surface area contributed by atoms with E-state index in [0.29, 0.717) is 23.4 Å². The van der Waals surface area contributed by atoms with Crippen LogP contribution in [0.3, 0.4) is 0 Å². The molecule has 4 rings (SSSR count). The Morgan fingerprint density at radius 3 is 2.21 bits per heavy atom. The number of hydrogen-bond donors (Lipinski definition) is 3. The van der Waals surface area contributed by atoms with Gasteiger partial charge in [0.05, 0.1) is 28.9 Å². The van der Waals surface area contributed by atoms with E-state index in [2.05, 4.69) is 22.1 Å². The number of imidazole rings is 1. The highest BCUT2D eigenvalue weighted by Gasteiger charge is 2.43. The molecule has 7 nitrogen and oxygen atoms in total. The van der Waals surface area contributed by atoms with Gasteiger partial charge in [0.15, 0.2) is 0 Å². The minimum absolute atomic E-state index is 0.187.